The van der Waals surface area contributed by atoms with Gasteiger partial charge in [0.25, 0.3) is 0 Å². The summed E-state index contributed by atoms with van der Waals surface area (Å²) in [5.41, 5.74) is 3.21. The van der Waals surface area contributed by atoms with Crippen molar-refractivity contribution < 1.29 is 14.2 Å². The fraction of sp³-hybridized carbons (Fsp3) is 0.481. The van der Waals surface area contributed by atoms with Gasteiger partial charge in [-0.2, -0.15) is 5.10 Å². The van der Waals surface area contributed by atoms with E-state index in [1.807, 2.05) is 41.2 Å². The first-order valence-electron chi connectivity index (χ1n) is 12.7. The summed E-state index contributed by atoms with van der Waals surface area (Å²) in [5.74, 6) is 2.23. The van der Waals surface area contributed by atoms with Crippen molar-refractivity contribution in [2.75, 3.05) is 26.2 Å². The van der Waals surface area contributed by atoms with Crippen LogP contribution in [0.4, 0.5) is 0 Å². The molecular weight excluding hydrogens is 456 g/mol. The summed E-state index contributed by atoms with van der Waals surface area (Å²) >= 11 is 0. The average molecular weight is 493 g/mol. The van der Waals surface area contributed by atoms with Crippen LogP contribution in [-0.4, -0.2) is 60.1 Å². The van der Waals surface area contributed by atoms with Gasteiger partial charge in [-0.15, -0.1) is 0 Å². The lowest BCUT2D eigenvalue weighted by Crippen LogP contribution is -2.32. The maximum Gasteiger partial charge on any atom is 0.219 e. The molecule has 1 unspecified atom stereocenters. The molecule has 0 radical (unpaired) electrons. The van der Waals surface area contributed by atoms with Gasteiger partial charge in [-0.1, -0.05) is 25.7 Å². The Morgan fingerprint density at radius 2 is 1.94 bits per heavy atom. The van der Waals surface area contributed by atoms with Crippen molar-refractivity contribution in [3.05, 3.63) is 54.4 Å². The quantitative estimate of drug-likeness (QED) is 0.277. The van der Waals surface area contributed by atoms with E-state index < -0.39 is 8.07 Å². The summed E-state index contributed by atoms with van der Waals surface area (Å²) in [7, 11) is -1.10. The second-order valence-corrected chi connectivity index (χ2v) is 16.4. The highest BCUT2D eigenvalue weighted by Gasteiger charge is 2.26. The number of rotatable bonds is 10. The largest absolute Gasteiger partial charge is 0.488 e. The van der Waals surface area contributed by atoms with Crippen LogP contribution in [0.25, 0.3) is 11.3 Å². The lowest BCUT2D eigenvalue weighted by atomic mass is 10.1. The van der Waals surface area contributed by atoms with Crippen LogP contribution in [0.3, 0.4) is 0 Å². The van der Waals surface area contributed by atoms with Gasteiger partial charge in [0.15, 0.2) is 0 Å². The van der Waals surface area contributed by atoms with Crippen LogP contribution in [0.1, 0.15) is 18.4 Å². The summed E-state index contributed by atoms with van der Waals surface area (Å²) in [6, 6.07) is 13.1. The van der Waals surface area contributed by atoms with E-state index in [9.17, 15) is 0 Å². The molecule has 8 heteroatoms. The van der Waals surface area contributed by atoms with Gasteiger partial charge in [-0.05, 0) is 55.7 Å². The van der Waals surface area contributed by atoms with Crippen LogP contribution in [0.5, 0.6) is 17.4 Å². The van der Waals surface area contributed by atoms with Gasteiger partial charge in [0.1, 0.15) is 24.3 Å². The first-order chi connectivity index (χ1) is 16.9. The van der Waals surface area contributed by atoms with E-state index in [1.165, 1.54) is 31.5 Å². The minimum Gasteiger partial charge on any atom is -0.488 e. The molecule has 1 fully saturated rings. The topological polar surface area (TPSA) is 61.6 Å². The molecule has 0 bridgehead atoms. The number of ether oxygens (including phenoxy) is 3. The van der Waals surface area contributed by atoms with Gasteiger partial charge < -0.3 is 14.2 Å². The molecule has 5 rings (SSSR count). The molecule has 1 aromatic carbocycles. The third-order valence-corrected chi connectivity index (χ3v) is 8.33. The predicted molar refractivity (Wildman–Crippen MR) is 140 cm³/mol. The zero-order chi connectivity index (χ0) is 24.3. The molecule has 7 nitrogen and oxygen atoms in total. The fourth-order valence-electron chi connectivity index (χ4n) is 4.62. The molecule has 1 saturated heterocycles. The molecule has 2 aliphatic heterocycles. The van der Waals surface area contributed by atoms with Gasteiger partial charge in [-0.25, -0.2) is 9.67 Å². The molecule has 0 spiro atoms. The van der Waals surface area contributed by atoms with Crippen LogP contribution in [0, 0.1) is 0 Å². The minimum absolute atomic E-state index is 0.236. The summed E-state index contributed by atoms with van der Waals surface area (Å²) < 4.78 is 20.0. The highest BCUT2D eigenvalue weighted by molar-refractivity contribution is 6.76. The molecule has 4 heterocycles. The van der Waals surface area contributed by atoms with Gasteiger partial charge >= 0.3 is 0 Å². The maximum absolute atomic E-state index is 6.23. The highest BCUT2D eigenvalue weighted by Crippen LogP contribution is 2.34. The number of pyridine rings is 1. The SMILES string of the molecule is C[Si](C)(C)CCOCn1nccc1-c1ccc(Oc2ccc3c(c2)OC(CN2CCCC2)C3)nc1. The normalized spacial score (nSPS) is 18.0. The Labute approximate surface area is 209 Å². The third-order valence-electron chi connectivity index (χ3n) is 6.62. The van der Waals surface area contributed by atoms with Crippen molar-refractivity contribution in [3.8, 4) is 28.6 Å². The maximum atomic E-state index is 6.23. The first-order valence-corrected chi connectivity index (χ1v) is 16.4. The Hall–Kier alpha value is -2.68. The van der Waals surface area contributed by atoms with Crippen molar-refractivity contribution in [2.45, 2.75) is 57.8 Å². The Kier molecular flexibility index (Phi) is 7.22. The molecule has 0 aliphatic carbocycles. The van der Waals surface area contributed by atoms with E-state index in [-0.39, 0.29) is 6.10 Å². The predicted octanol–water partition coefficient (Wildman–Crippen LogP) is 5.45. The molecule has 0 saturated carbocycles. The molecule has 0 N–H and O–H groups in total. The average Bonchev–Trinajstić information content (AvgIpc) is 3.58. The Morgan fingerprint density at radius 3 is 2.71 bits per heavy atom. The van der Waals surface area contributed by atoms with Crippen molar-refractivity contribution in [2.24, 2.45) is 0 Å². The molecule has 2 aliphatic rings. The molecule has 35 heavy (non-hydrogen) atoms. The van der Waals surface area contributed by atoms with E-state index in [1.54, 1.807) is 6.20 Å². The minimum atomic E-state index is -1.10. The van der Waals surface area contributed by atoms with E-state index in [2.05, 4.69) is 40.7 Å². The lowest BCUT2D eigenvalue weighted by Gasteiger charge is -2.19. The molecule has 0 amide bonds. The van der Waals surface area contributed by atoms with Crippen LogP contribution in [0.2, 0.25) is 25.7 Å². The number of hydrogen-bond acceptors (Lipinski definition) is 6. The fourth-order valence-corrected chi connectivity index (χ4v) is 5.38. The third kappa shape index (κ3) is 6.31. The molecule has 1 atom stereocenters. The standard InChI is InChI=1S/C27H36N4O3Si/c1-35(2,3)15-14-32-20-31-25(10-11-29-31)22-7-9-27(28-18-22)34-23-8-6-21-16-24(33-26(21)17-23)19-30-12-4-5-13-30/h6-11,17-18,24H,4-5,12-16,19-20H2,1-3H3. The van der Waals surface area contributed by atoms with Gasteiger partial charge in [0.05, 0.1) is 5.69 Å². The number of nitrogens with zero attached hydrogens (tertiary/aromatic N) is 4. The summed E-state index contributed by atoms with van der Waals surface area (Å²) in [5, 5.41) is 4.42. The zero-order valence-electron chi connectivity index (χ0n) is 21.1. The Morgan fingerprint density at radius 1 is 1.09 bits per heavy atom. The van der Waals surface area contributed by atoms with E-state index >= 15 is 0 Å². The summed E-state index contributed by atoms with van der Waals surface area (Å²) in [6.07, 6.45) is 7.43. The van der Waals surface area contributed by atoms with Crippen molar-refractivity contribution in [3.63, 3.8) is 0 Å². The number of benzene rings is 1. The highest BCUT2D eigenvalue weighted by atomic mass is 28.3. The summed E-state index contributed by atoms with van der Waals surface area (Å²) in [6.45, 7) is 11.7. The zero-order valence-corrected chi connectivity index (χ0v) is 22.1. The monoisotopic (exact) mass is 492 g/mol. The van der Waals surface area contributed by atoms with E-state index in [4.69, 9.17) is 14.2 Å². The lowest BCUT2D eigenvalue weighted by molar-refractivity contribution is 0.0798. The van der Waals surface area contributed by atoms with Gasteiger partial charge in [0, 0.05) is 57.7 Å². The molecule has 186 valence electrons. The van der Waals surface area contributed by atoms with Gasteiger partial charge in [0.2, 0.25) is 5.88 Å². The van der Waals surface area contributed by atoms with Crippen molar-refractivity contribution in [1.29, 1.82) is 0 Å². The number of fused-ring (bicyclic) bond motifs is 1. The van der Waals surface area contributed by atoms with Crippen LogP contribution < -0.4 is 9.47 Å². The Bertz CT molecular complexity index is 1120. The van der Waals surface area contributed by atoms with Crippen LogP contribution >= 0.6 is 0 Å². The van der Waals surface area contributed by atoms with E-state index in [0.717, 1.165) is 48.4 Å². The number of hydrogen-bond donors (Lipinski definition) is 0. The van der Waals surface area contributed by atoms with Crippen LogP contribution in [-0.2, 0) is 17.9 Å². The van der Waals surface area contributed by atoms with E-state index in [0.29, 0.717) is 12.6 Å². The molecular formula is C27H36N4O3Si. The number of aromatic nitrogens is 3. The molecule has 3 aromatic rings. The van der Waals surface area contributed by atoms with Gasteiger partial charge in [-0.3, -0.25) is 4.90 Å². The summed E-state index contributed by atoms with van der Waals surface area (Å²) in [4.78, 5) is 7.04. The second-order valence-electron chi connectivity index (χ2n) is 10.8. The van der Waals surface area contributed by atoms with Crippen molar-refractivity contribution in [1.82, 2.24) is 19.7 Å². The van der Waals surface area contributed by atoms with Crippen molar-refractivity contribution >= 4 is 8.07 Å². The number of likely N-dealkylation sites (tertiary alicyclic amines) is 1. The Balaban J connectivity index is 1.17. The smallest absolute Gasteiger partial charge is 0.219 e. The van der Waals surface area contributed by atoms with Crippen LogP contribution in [0.15, 0.2) is 48.8 Å². The molecule has 2 aromatic heterocycles. The second kappa shape index (κ2) is 10.5. The first kappa shape index (κ1) is 24.0.